The fraction of sp³-hybridized carbons (Fsp3) is 0.286. The number of rotatable bonds is 3. The molecule has 0 spiro atoms. The van der Waals surface area contributed by atoms with Crippen LogP contribution in [-0.4, -0.2) is 17.4 Å². The van der Waals surface area contributed by atoms with E-state index in [0.29, 0.717) is 11.7 Å². The highest BCUT2D eigenvalue weighted by molar-refractivity contribution is 7.10. The number of primary amides is 1. The summed E-state index contributed by atoms with van der Waals surface area (Å²) in [5.74, 6) is -0.478. The van der Waals surface area contributed by atoms with E-state index in [1.165, 1.54) is 4.88 Å². The molecule has 2 N–H and O–H groups in total. The van der Waals surface area contributed by atoms with E-state index in [1.54, 1.807) is 23.6 Å². The molecule has 19 heavy (non-hydrogen) atoms. The number of amides is 1. The van der Waals surface area contributed by atoms with Gasteiger partial charge in [-0.1, -0.05) is 6.07 Å². The molecule has 3 heterocycles. The van der Waals surface area contributed by atoms with Gasteiger partial charge in [-0.25, -0.2) is 0 Å². The van der Waals surface area contributed by atoms with E-state index >= 15 is 0 Å². The summed E-state index contributed by atoms with van der Waals surface area (Å²) in [6, 6.07) is 8.39. The maximum atomic E-state index is 11.2. The Morgan fingerprint density at radius 3 is 3.11 bits per heavy atom. The molecule has 3 rings (SSSR count). The minimum atomic E-state index is -0.478. The van der Waals surface area contributed by atoms with Crippen molar-refractivity contribution in [2.75, 3.05) is 11.4 Å². The molecule has 0 bridgehead atoms. The van der Waals surface area contributed by atoms with E-state index < -0.39 is 5.91 Å². The summed E-state index contributed by atoms with van der Waals surface area (Å²) in [6.07, 6.45) is 3.96. The molecule has 1 amide bonds. The molecule has 1 atom stereocenters. The summed E-state index contributed by atoms with van der Waals surface area (Å²) in [7, 11) is 0. The summed E-state index contributed by atoms with van der Waals surface area (Å²) in [4.78, 5) is 18.9. The zero-order valence-corrected chi connectivity index (χ0v) is 11.3. The van der Waals surface area contributed by atoms with Gasteiger partial charge < -0.3 is 10.6 Å². The van der Waals surface area contributed by atoms with Crippen LogP contribution in [0, 0.1) is 0 Å². The largest absolute Gasteiger partial charge is 0.364 e. The second kappa shape index (κ2) is 5.01. The fourth-order valence-electron chi connectivity index (χ4n) is 2.59. The lowest BCUT2D eigenvalue weighted by atomic mass is 10.1. The van der Waals surface area contributed by atoms with E-state index in [1.807, 2.05) is 6.07 Å². The first kappa shape index (κ1) is 12.2. The van der Waals surface area contributed by atoms with E-state index in [9.17, 15) is 4.79 Å². The first-order valence-electron chi connectivity index (χ1n) is 6.31. The lowest BCUT2D eigenvalue weighted by molar-refractivity contribution is 0.0995. The van der Waals surface area contributed by atoms with Crippen LogP contribution in [0.1, 0.15) is 34.2 Å². The smallest absolute Gasteiger partial charge is 0.267 e. The van der Waals surface area contributed by atoms with Crippen molar-refractivity contribution in [3.05, 3.63) is 46.4 Å². The summed E-state index contributed by atoms with van der Waals surface area (Å²) in [5.41, 5.74) is 6.65. The van der Waals surface area contributed by atoms with E-state index in [4.69, 9.17) is 5.73 Å². The number of hydrogen-bond donors (Lipinski definition) is 1. The van der Waals surface area contributed by atoms with Crippen LogP contribution in [0.5, 0.6) is 0 Å². The summed E-state index contributed by atoms with van der Waals surface area (Å²) < 4.78 is 0. The molecule has 2 aromatic rings. The molecule has 0 saturated carbocycles. The van der Waals surface area contributed by atoms with Crippen molar-refractivity contribution >= 4 is 22.9 Å². The van der Waals surface area contributed by atoms with Gasteiger partial charge in [0.05, 0.1) is 6.04 Å². The highest BCUT2D eigenvalue weighted by Crippen LogP contribution is 2.37. The average molecular weight is 273 g/mol. The molecule has 2 aromatic heterocycles. The normalized spacial score (nSPS) is 18.7. The van der Waals surface area contributed by atoms with Gasteiger partial charge in [0.25, 0.3) is 5.91 Å². The fourth-order valence-corrected chi connectivity index (χ4v) is 3.46. The number of thiophene rings is 1. The Balaban J connectivity index is 1.92. The van der Waals surface area contributed by atoms with Crippen molar-refractivity contribution in [1.29, 1.82) is 0 Å². The number of carbonyl (C=O) groups is 1. The number of carbonyl (C=O) groups excluding carboxylic acids is 1. The van der Waals surface area contributed by atoms with Crippen molar-refractivity contribution in [1.82, 2.24) is 4.98 Å². The molecule has 98 valence electrons. The SMILES string of the molecule is NC(=O)c1cc(N2CCCC2c2cccs2)ccn1. The minimum Gasteiger partial charge on any atom is -0.364 e. The van der Waals surface area contributed by atoms with Crippen LogP contribution >= 0.6 is 11.3 Å². The van der Waals surface area contributed by atoms with Crippen LogP contribution in [0.3, 0.4) is 0 Å². The predicted octanol–water partition coefficient (Wildman–Crippen LogP) is 2.58. The standard InChI is InChI=1S/C14H15N3OS/c15-14(18)11-9-10(5-6-16-11)17-7-1-3-12(17)13-4-2-8-19-13/h2,4-6,8-9,12H,1,3,7H2,(H2,15,18). The molecule has 5 heteroatoms. The zero-order chi connectivity index (χ0) is 13.2. The highest BCUT2D eigenvalue weighted by atomic mass is 32.1. The van der Waals surface area contributed by atoms with Crippen LogP contribution in [0.25, 0.3) is 0 Å². The summed E-state index contributed by atoms with van der Waals surface area (Å²) in [5, 5.41) is 2.10. The first-order chi connectivity index (χ1) is 9.25. The molecule has 1 aliphatic rings. The lowest BCUT2D eigenvalue weighted by Gasteiger charge is -2.26. The second-order valence-electron chi connectivity index (χ2n) is 4.63. The number of anilines is 1. The predicted molar refractivity (Wildman–Crippen MR) is 76.4 cm³/mol. The Morgan fingerprint density at radius 1 is 1.47 bits per heavy atom. The van der Waals surface area contributed by atoms with Crippen molar-refractivity contribution < 1.29 is 4.79 Å². The van der Waals surface area contributed by atoms with Gasteiger partial charge in [0.15, 0.2) is 0 Å². The van der Waals surface area contributed by atoms with Crippen LogP contribution < -0.4 is 10.6 Å². The molecule has 0 aromatic carbocycles. The van der Waals surface area contributed by atoms with E-state index in [0.717, 1.165) is 25.1 Å². The second-order valence-corrected chi connectivity index (χ2v) is 5.61. The molecule has 0 radical (unpaired) electrons. The van der Waals surface area contributed by atoms with Gasteiger partial charge >= 0.3 is 0 Å². The topological polar surface area (TPSA) is 59.2 Å². The molecule has 1 unspecified atom stereocenters. The van der Waals surface area contributed by atoms with Crippen molar-refractivity contribution in [2.45, 2.75) is 18.9 Å². The Morgan fingerprint density at radius 2 is 2.37 bits per heavy atom. The van der Waals surface area contributed by atoms with Gasteiger partial charge in [0, 0.05) is 23.3 Å². The van der Waals surface area contributed by atoms with E-state index in [-0.39, 0.29) is 0 Å². The van der Waals surface area contributed by atoms with Gasteiger partial charge in [-0.2, -0.15) is 0 Å². The molecular formula is C14H15N3OS. The molecule has 1 aliphatic heterocycles. The monoisotopic (exact) mass is 273 g/mol. The Kier molecular flexibility index (Phi) is 3.21. The molecular weight excluding hydrogens is 258 g/mol. The van der Waals surface area contributed by atoms with Crippen LogP contribution in [0.2, 0.25) is 0 Å². The third-order valence-electron chi connectivity index (χ3n) is 3.45. The average Bonchev–Trinajstić information content (AvgIpc) is 3.09. The number of nitrogens with zero attached hydrogens (tertiary/aromatic N) is 2. The van der Waals surface area contributed by atoms with Crippen LogP contribution in [-0.2, 0) is 0 Å². The van der Waals surface area contributed by atoms with Gasteiger partial charge in [-0.3, -0.25) is 9.78 Å². The van der Waals surface area contributed by atoms with Gasteiger partial charge in [-0.05, 0) is 36.4 Å². The third-order valence-corrected chi connectivity index (χ3v) is 4.43. The van der Waals surface area contributed by atoms with Crippen LogP contribution in [0.4, 0.5) is 5.69 Å². The number of pyridine rings is 1. The van der Waals surface area contributed by atoms with Crippen molar-refractivity contribution in [3.8, 4) is 0 Å². The Bertz CT molecular complexity index is 582. The van der Waals surface area contributed by atoms with Gasteiger partial charge in [0.2, 0.25) is 0 Å². The van der Waals surface area contributed by atoms with Crippen LogP contribution in [0.15, 0.2) is 35.8 Å². The van der Waals surface area contributed by atoms with E-state index in [2.05, 4.69) is 27.4 Å². The maximum Gasteiger partial charge on any atom is 0.267 e. The molecule has 1 fully saturated rings. The third kappa shape index (κ3) is 2.33. The summed E-state index contributed by atoms with van der Waals surface area (Å²) >= 11 is 1.78. The van der Waals surface area contributed by atoms with Crippen molar-refractivity contribution in [2.24, 2.45) is 5.73 Å². The molecule has 4 nitrogen and oxygen atoms in total. The Hall–Kier alpha value is -1.88. The number of aromatic nitrogens is 1. The number of nitrogens with two attached hydrogens (primary N) is 1. The number of hydrogen-bond acceptors (Lipinski definition) is 4. The lowest BCUT2D eigenvalue weighted by Crippen LogP contribution is -2.23. The molecule has 0 aliphatic carbocycles. The minimum absolute atomic E-state index is 0.328. The first-order valence-corrected chi connectivity index (χ1v) is 7.19. The highest BCUT2D eigenvalue weighted by Gasteiger charge is 2.27. The zero-order valence-electron chi connectivity index (χ0n) is 10.5. The van der Waals surface area contributed by atoms with Gasteiger partial charge in [0.1, 0.15) is 5.69 Å². The Labute approximate surface area is 115 Å². The van der Waals surface area contributed by atoms with Crippen molar-refractivity contribution in [3.63, 3.8) is 0 Å². The molecule has 1 saturated heterocycles. The quantitative estimate of drug-likeness (QED) is 0.935. The van der Waals surface area contributed by atoms with Gasteiger partial charge in [-0.15, -0.1) is 11.3 Å². The summed E-state index contributed by atoms with van der Waals surface area (Å²) in [6.45, 7) is 1.00. The maximum absolute atomic E-state index is 11.2.